The molecule has 0 aliphatic heterocycles. The number of hydrogen-bond acceptors (Lipinski definition) is 7. The van der Waals surface area contributed by atoms with Gasteiger partial charge in [-0.15, -0.1) is 0 Å². The molecular weight excluding hydrogens is 411 g/mol. The summed E-state index contributed by atoms with van der Waals surface area (Å²) in [6.45, 7) is -0.657. The molecule has 0 saturated carbocycles. The van der Waals surface area contributed by atoms with E-state index in [0.717, 1.165) is 6.07 Å². The van der Waals surface area contributed by atoms with Gasteiger partial charge in [-0.3, -0.25) is 4.79 Å². The van der Waals surface area contributed by atoms with Gasteiger partial charge in [0.25, 0.3) is 0 Å². The highest BCUT2D eigenvalue weighted by Gasteiger charge is 2.39. The Morgan fingerprint density at radius 2 is 1.60 bits per heavy atom. The largest absolute Gasteiger partial charge is 0.493 e. The van der Waals surface area contributed by atoms with Gasteiger partial charge in [-0.25, -0.2) is 4.79 Å². The van der Waals surface area contributed by atoms with Crippen LogP contribution in [0.1, 0.15) is 15.9 Å². The predicted octanol–water partition coefficient (Wildman–Crippen LogP) is 2.92. The zero-order chi connectivity index (χ0) is 22.5. The number of esters is 1. The summed E-state index contributed by atoms with van der Waals surface area (Å²) < 4.78 is 58.3. The summed E-state index contributed by atoms with van der Waals surface area (Å²) in [5.41, 5.74) is -0.561. The number of carbonyl (C=O) groups excluding carboxylic acids is 2. The molecule has 0 unspecified atom stereocenters. The van der Waals surface area contributed by atoms with Crippen LogP contribution in [-0.2, 0) is 11.4 Å². The minimum atomic E-state index is -5.14. The van der Waals surface area contributed by atoms with Crippen molar-refractivity contribution in [3.63, 3.8) is 0 Å². The van der Waals surface area contributed by atoms with Crippen LogP contribution in [0.4, 0.5) is 18.9 Å². The third-order valence-corrected chi connectivity index (χ3v) is 3.87. The molecule has 0 heterocycles. The van der Waals surface area contributed by atoms with Gasteiger partial charge in [0.15, 0.2) is 11.5 Å². The second kappa shape index (κ2) is 9.35. The van der Waals surface area contributed by atoms with E-state index >= 15 is 0 Å². The van der Waals surface area contributed by atoms with Crippen LogP contribution in [0, 0.1) is 0 Å². The Morgan fingerprint density at radius 1 is 1.00 bits per heavy atom. The lowest BCUT2D eigenvalue weighted by Crippen LogP contribution is -2.30. The Balaban J connectivity index is 2.33. The van der Waals surface area contributed by atoms with Gasteiger partial charge in [0.1, 0.15) is 5.75 Å². The van der Waals surface area contributed by atoms with E-state index in [2.05, 4.69) is 0 Å². The first kappa shape index (κ1) is 22.8. The molecule has 0 fully saturated rings. The number of hydrogen-bond donors (Lipinski definition) is 2. The molecule has 2 aromatic carbocycles. The minimum absolute atomic E-state index is 0.0154. The quantitative estimate of drug-likeness (QED) is 0.515. The molecule has 30 heavy (non-hydrogen) atoms. The van der Waals surface area contributed by atoms with Crippen molar-refractivity contribution in [2.24, 2.45) is 0 Å². The van der Waals surface area contributed by atoms with Crippen molar-refractivity contribution >= 4 is 17.6 Å². The number of halogens is 3. The van der Waals surface area contributed by atoms with Crippen molar-refractivity contribution in [2.75, 3.05) is 26.6 Å². The maximum absolute atomic E-state index is 12.5. The molecule has 8 nitrogen and oxygen atoms in total. The van der Waals surface area contributed by atoms with Crippen LogP contribution in [0.25, 0.3) is 0 Å². The van der Waals surface area contributed by atoms with Crippen LogP contribution in [0.15, 0.2) is 30.3 Å². The molecule has 2 aromatic rings. The molecule has 0 aliphatic rings. The Bertz CT molecular complexity index is 919. The Kier molecular flexibility index (Phi) is 7.11. The average Bonchev–Trinajstić information content (AvgIpc) is 2.71. The van der Waals surface area contributed by atoms with Crippen LogP contribution in [0.5, 0.6) is 23.0 Å². The molecular formula is C19H18F3NO7. The van der Waals surface area contributed by atoms with Crippen LogP contribution >= 0.6 is 0 Å². The van der Waals surface area contributed by atoms with Gasteiger partial charge < -0.3 is 29.4 Å². The number of methoxy groups -OCH3 is 3. The number of rotatable bonds is 7. The molecule has 2 rings (SSSR count). The zero-order valence-corrected chi connectivity index (χ0v) is 16.1. The van der Waals surface area contributed by atoms with E-state index in [4.69, 9.17) is 18.9 Å². The van der Waals surface area contributed by atoms with Crippen molar-refractivity contribution in [1.82, 2.24) is 0 Å². The fourth-order valence-corrected chi connectivity index (χ4v) is 2.43. The Hall–Kier alpha value is -3.47. The molecule has 0 aromatic heterocycles. The maximum atomic E-state index is 12.5. The van der Waals surface area contributed by atoms with Gasteiger partial charge in [-0.05, 0) is 12.1 Å². The molecule has 0 saturated heterocycles. The Morgan fingerprint density at radius 3 is 2.07 bits per heavy atom. The molecule has 2 N–H and O–H groups in total. The minimum Gasteiger partial charge on any atom is -0.493 e. The maximum Gasteiger partial charge on any atom is 0.471 e. The van der Waals surface area contributed by atoms with Crippen molar-refractivity contribution < 1.29 is 46.8 Å². The normalized spacial score (nSPS) is 10.9. The van der Waals surface area contributed by atoms with Gasteiger partial charge in [0.2, 0.25) is 5.75 Å². The highest BCUT2D eigenvalue weighted by Crippen LogP contribution is 2.41. The molecule has 162 valence electrons. The molecule has 0 radical (unpaired) electrons. The van der Waals surface area contributed by atoms with Crippen LogP contribution in [-0.4, -0.2) is 44.5 Å². The van der Waals surface area contributed by atoms with E-state index in [1.807, 2.05) is 0 Å². The first-order valence-corrected chi connectivity index (χ1v) is 8.28. The lowest BCUT2D eigenvalue weighted by molar-refractivity contribution is -0.167. The highest BCUT2D eigenvalue weighted by atomic mass is 19.4. The number of nitrogens with one attached hydrogen (secondary N) is 1. The zero-order valence-electron chi connectivity index (χ0n) is 16.1. The number of aliphatic hydroxyl groups excluding tert-OH is 1. The van der Waals surface area contributed by atoms with E-state index < -0.39 is 24.7 Å². The average molecular weight is 429 g/mol. The molecule has 11 heteroatoms. The van der Waals surface area contributed by atoms with E-state index in [9.17, 15) is 27.9 Å². The second-order valence-corrected chi connectivity index (χ2v) is 5.73. The lowest BCUT2D eigenvalue weighted by atomic mass is 10.1. The lowest BCUT2D eigenvalue weighted by Gasteiger charge is -2.15. The van der Waals surface area contributed by atoms with Gasteiger partial charge >= 0.3 is 18.1 Å². The van der Waals surface area contributed by atoms with Crippen molar-refractivity contribution in [2.45, 2.75) is 12.8 Å². The molecule has 0 bridgehead atoms. The number of ether oxygens (including phenoxy) is 4. The fraction of sp³-hybridized carbons (Fsp3) is 0.263. The number of benzene rings is 2. The monoisotopic (exact) mass is 429 g/mol. The summed E-state index contributed by atoms with van der Waals surface area (Å²) in [6, 6.07) is 6.10. The number of amides is 1. The first-order chi connectivity index (χ1) is 14.1. The summed E-state index contributed by atoms with van der Waals surface area (Å²) in [5, 5.41) is 10.9. The number of anilines is 1. The third-order valence-electron chi connectivity index (χ3n) is 3.87. The number of carbonyl (C=O) groups is 2. The Labute approximate surface area is 169 Å². The topological polar surface area (TPSA) is 103 Å². The van der Waals surface area contributed by atoms with Gasteiger partial charge in [0, 0.05) is 23.4 Å². The molecule has 0 atom stereocenters. The summed E-state index contributed by atoms with van der Waals surface area (Å²) >= 11 is 0. The van der Waals surface area contributed by atoms with Gasteiger partial charge in [-0.2, -0.15) is 13.2 Å². The van der Waals surface area contributed by atoms with Crippen molar-refractivity contribution in [3.8, 4) is 23.0 Å². The SMILES string of the molecule is COc1cc(OC(=O)c2ccc(CO)c(NC(=O)C(F)(F)F)c2)cc(OC)c1OC. The smallest absolute Gasteiger partial charge is 0.471 e. The summed E-state index contributed by atoms with van der Waals surface area (Å²) in [4.78, 5) is 23.7. The van der Waals surface area contributed by atoms with E-state index in [1.165, 1.54) is 45.6 Å². The van der Waals surface area contributed by atoms with Crippen LogP contribution in [0.2, 0.25) is 0 Å². The van der Waals surface area contributed by atoms with Gasteiger partial charge in [-0.1, -0.05) is 6.07 Å². The standard InChI is InChI=1S/C19H18F3NO7/c1-27-14-7-12(8-15(28-2)16(14)29-3)30-17(25)10-4-5-11(9-24)13(6-10)23-18(26)19(20,21)22/h4-8,24H,9H2,1-3H3,(H,23,26). The summed E-state index contributed by atoms with van der Waals surface area (Å²) in [6.07, 6.45) is -5.14. The predicted molar refractivity (Wildman–Crippen MR) is 98.1 cm³/mol. The number of aliphatic hydroxyl groups is 1. The first-order valence-electron chi connectivity index (χ1n) is 8.28. The highest BCUT2D eigenvalue weighted by molar-refractivity contribution is 5.98. The van der Waals surface area contributed by atoms with E-state index in [0.29, 0.717) is 0 Å². The van der Waals surface area contributed by atoms with Crippen LogP contribution in [0.3, 0.4) is 0 Å². The van der Waals surface area contributed by atoms with E-state index in [-0.39, 0.29) is 39.8 Å². The summed E-state index contributed by atoms with van der Waals surface area (Å²) in [5.74, 6) is -2.46. The van der Waals surface area contributed by atoms with Crippen LogP contribution < -0.4 is 24.3 Å². The third kappa shape index (κ3) is 5.11. The van der Waals surface area contributed by atoms with Crippen molar-refractivity contribution in [3.05, 3.63) is 41.5 Å². The van der Waals surface area contributed by atoms with E-state index in [1.54, 1.807) is 5.32 Å². The van der Waals surface area contributed by atoms with Crippen molar-refractivity contribution in [1.29, 1.82) is 0 Å². The molecule has 0 spiro atoms. The number of alkyl halides is 3. The fourth-order valence-electron chi connectivity index (χ4n) is 2.43. The molecule has 1 amide bonds. The summed E-state index contributed by atoms with van der Waals surface area (Å²) in [7, 11) is 4.13. The van der Waals surface area contributed by atoms with Gasteiger partial charge in [0.05, 0.1) is 33.5 Å². The molecule has 0 aliphatic carbocycles. The second-order valence-electron chi connectivity index (χ2n) is 5.73.